The van der Waals surface area contributed by atoms with E-state index in [1.54, 1.807) is 7.11 Å². The summed E-state index contributed by atoms with van der Waals surface area (Å²) in [5.41, 5.74) is 5.82. The molecular weight excluding hydrogens is 436 g/mol. The fourth-order valence-corrected chi connectivity index (χ4v) is 2.66. The molecule has 0 fully saturated rings. The summed E-state index contributed by atoms with van der Waals surface area (Å²) in [6, 6.07) is 15.7. The molecule has 0 aromatic heterocycles. The highest BCUT2D eigenvalue weighted by atomic mass is 79.9. The molecule has 0 unspecified atom stereocenters. The lowest BCUT2D eigenvalue weighted by Crippen LogP contribution is -2.25. The zero-order valence-electron chi connectivity index (χ0n) is 16.3. The third-order valence-electron chi connectivity index (χ3n) is 3.80. The first-order valence-corrected chi connectivity index (χ1v) is 10.0. The zero-order chi connectivity index (χ0) is 20.4. The lowest BCUT2D eigenvalue weighted by molar-refractivity contribution is 0.415. The normalized spacial score (nSPS) is 11.7. The minimum Gasteiger partial charge on any atom is -0.497 e. The number of rotatable bonds is 8. The molecule has 5 nitrogen and oxygen atoms in total. The van der Waals surface area contributed by atoms with Crippen LogP contribution < -0.4 is 15.5 Å². The van der Waals surface area contributed by atoms with Crippen LogP contribution in [0, 0.1) is 0 Å². The summed E-state index contributed by atoms with van der Waals surface area (Å²) >= 11 is 8.76. The summed E-state index contributed by atoms with van der Waals surface area (Å²) in [6.45, 7) is 0.889. The van der Waals surface area contributed by atoms with Crippen LogP contribution >= 0.6 is 28.1 Å². The van der Waals surface area contributed by atoms with Gasteiger partial charge < -0.3 is 15.0 Å². The van der Waals surface area contributed by atoms with Crippen molar-refractivity contribution >= 4 is 50.7 Å². The number of ether oxygens (including phenoxy) is 1. The second kappa shape index (κ2) is 11.6. The third kappa shape index (κ3) is 8.21. The van der Waals surface area contributed by atoms with Crippen molar-refractivity contribution in [1.29, 1.82) is 0 Å². The van der Waals surface area contributed by atoms with E-state index in [4.69, 9.17) is 17.0 Å². The molecule has 0 radical (unpaired) electrons. The van der Waals surface area contributed by atoms with E-state index in [9.17, 15) is 0 Å². The number of nitrogens with zero attached hydrogens (tertiary/aromatic N) is 2. The number of allylic oxidation sites excluding steroid dienone is 1. The van der Waals surface area contributed by atoms with Gasteiger partial charge in [-0.1, -0.05) is 34.1 Å². The van der Waals surface area contributed by atoms with Crippen molar-refractivity contribution in [2.75, 3.05) is 33.1 Å². The summed E-state index contributed by atoms with van der Waals surface area (Å²) < 4.78 is 6.21. The highest BCUT2D eigenvalue weighted by Gasteiger charge is 2.01. The van der Waals surface area contributed by atoms with Gasteiger partial charge in [-0.05, 0) is 74.4 Å². The molecule has 0 aliphatic carbocycles. The van der Waals surface area contributed by atoms with Crippen LogP contribution in [0.2, 0.25) is 0 Å². The Kier molecular flexibility index (Phi) is 9.13. The molecule has 2 N–H and O–H groups in total. The van der Waals surface area contributed by atoms with E-state index in [0.717, 1.165) is 40.2 Å². The highest BCUT2D eigenvalue weighted by molar-refractivity contribution is 9.10. The second-order valence-electron chi connectivity index (χ2n) is 6.34. The van der Waals surface area contributed by atoms with Crippen molar-refractivity contribution in [3.05, 3.63) is 64.6 Å². The lowest BCUT2D eigenvalue weighted by Gasteiger charge is -2.11. The van der Waals surface area contributed by atoms with E-state index in [1.807, 2.05) is 74.8 Å². The number of halogens is 1. The van der Waals surface area contributed by atoms with Gasteiger partial charge >= 0.3 is 0 Å². The van der Waals surface area contributed by atoms with Gasteiger partial charge in [-0.25, -0.2) is 0 Å². The Morgan fingerprint density at radius 2 is 1.82 bits per heavy atom. The third-order valence-corrected chi connectivity index (χ3v) is 4.52. The second-order valence-corrected chi connectivity index (χ2v) is 7.66. The minimum absolute atomic E-state index is 0.447. The van der Waals surface area contributed by atoms with Crippen LogP contribution in [0.4, 0.5) is 5.69 Å². The Morgan fingerprint density at radius 1 is 1.14 bits per heavy atom. The summed E-state index contributed by atoms with van der Waals surface area (Å²) in [7, 11) is 5.74. The van der Waals surface area contributed by atoms with Gasteiger partial charge in [-0.2, -0.15) is 5.10 Å². The Hall–Kier alpha value is -2.22. The van der Waals surface area contributed by atoms with Crippen molar-refractivity contribution < 1.29 is 4.74 Å². The van der Waals surface area contributed by atoms with E-state index in [2.05, 4.69) is 36.7 Å². The molecule has 2 aromatic rings. The molecule has 0 bridgehead atoms. The predicted octanol–water partition coefficient (Wildman–Crippen LogP) is 4.77. The Labute approximate surface area is 180 Å². The molecule has 0 saturated heterocycles. The summed E-state index contributed by atoms with van der Waals surface area (Å²) in [5.74, 6) is 0.838. The topological polar surface area (TPSA) is 48.9 Å². The van der Waals surface area contributed by atoms with Crippen LogP contribution in [-0.4, -0.2) is 43.5 Å². The van der Waals surface area contributed by atoms with E-state index in [-0.39, 0.29) is 0 Å². The number of nitrogens with one attached hydrogen (secondary N) is 2. The van der Waals surface area contributed by atoms with Gasteiger partial charge in [-0.15, -0.1) is 0 Å². The Bertz CT molecular complexity index is 817. The molecule has 0 spiro atoms. The number of benzene rings is 2. The molecule has 0 aliphatic rings. The number of thiocarbonyl (C=S) groups is 1. The summed E-state index contributed by atoms with van der Waals surface area (Å²) in [6.07, 6.45) is 4.83. The molecule has 7 heteroatoms. The largest absolute Gasteiger partial charge is 0.497 e. The summed E-state index contributed by atoms with van der Waals surface area (Å²) in [4.78, 5) is 2.12. The average Bonchev–Trinajstić information content (AvgIpc) is 2.69. The van der Waals surface area contributed by atoms with Crippen molar-refractivity contribution in [3.63, 3.8) is 0 Å². The van der Waals surface area contributed by atoms with Gasteiger partial charge in [0.1, 0.15) is 5.75 Å². The van der Waals surface area contributed by atoms with E-state index in [0.29, 0.717) is 5.11 Å². The number of anilines is 1. The quantitative estimate of drug-likeness (QED) is 0.337. The van der Waals surface area contributed by atoms with Gasteiger partial charge in [0, 0.05) is 23.1 Å². The number of methoxy groups -OCH3 is 1. The average molecular weight is 461 g/mol. The number of hydrazone groups is 1. The van der Waals surface area contributed by atoms with Crippen LogP contribution in [0.1, 0.15) is 12.0 Å². The van der Waals surface area contributed by atoms with Crippen LogP contribution in [-0.2, 0) is 0 Å². The Morgan fingerprint density at radius 3 is 2.43 bits per heavy atom. The molecule has 28 heavy (non-hydrogen) atoms. The SMILES string of the molecule is COc1ccc(C=CC(CCN(C)C)=NNC(=S)Nc2ccc(Br)cc2)cc1. The molecule has 2 aromatic carbocycles. The summed E-state index contributed by atoms with van der Waals surface area (Å²) in [5, 5.41) is 8.04. The first-order chi connectivity index (χ1) is 13.5. The maximum atomic E-state index is 5.34. The fraction of sp³-hybridized carbons (Fsp3) is 0.238. The predicted molar refractivity (Wildman–Crippen MR) is 126 cm³/mol. The molecule has 2 rings (SSSR count). The molecular formula is C21H25BrN4OS. The zero-order valence-corrected chi connectivity index (χ0v) is 18.7. The van der Waals surface area contributed by atoms with Gasteiger partial charge in [0.2, 0.25) is 0 Å². The van der Waals surface area contributed by atoms with Crippen LogP contribution in [0.5, 0.6) is 5.75 Å². The number of hydrogen-bond donors (Lipinski definition) is 2. The van der Waals surface area contributed by atoms with Crippen molar-refractivity contribution in [3.8, 4) is 5.75 Å². The molecule has 0 amide bonds. The first kappa shape index (κ1) is 22.1. The number of hydrogen-bond acceptors (Lipinski definition) is 4. The maximum absolute atomic E-state index is 5.34. The van der Waals surface area contributed by atoms with E-state index >= 15 is 0 Å². The molecule has 0 saturated carbocycles. The monoisotopic (exact) mass is 460 g/mol. The van der Waals surface area contributed by atoms with E-state index < -0.39 is 0 Å². The van der Waals surface area contributed by atoms with Crippen molar-refractivity contribution in [2.45, 2.75) is 6.42 Å². The van der Waals surface area contributed by atoms with Gasteiger partial charge in [-0.3, -0.25) is 5.43 Å². The van der Waals surface area contributed by atoms with Crippen LogP contribution in [0.3, 0.4) is 0 Å². The van der Waals surface area contributed by atoms with E-state index in [1.165, 1.54) is 0 Å². The van der Waals surface area contributed by atoms with Crippen molar-refractivity contribution in [1.82, 2.24) is 10.3 Å². The molecule has 0 heterocycles. The maximum Gasteiger partial charge on any atom is 0.191 e. The lowest BCUT2D eigenvalue weighted by atomic mass is 10.1. The van der Waals surface area contributed by atoms with Gasteiger partial charge in [0.15, 0.2) is 5.11 Å². The highest BCUT2D eigenvalue weighted by Crippen LogP contribution is 2.14. The van der Waals surface area contributed by atoms with Crippen molar-refractivity contribution in [2.24, 2.45) is 5.10 Å². The van der Waals surface area contributed by atoms with Gasteiger partial charge in [0.25, 0.3) is 0 Å². The molecule has 0 aliphatic heterocycles. The molecule has 148 valence electrons. The fourth-order valence-electron chi connectivity index (χ4n) is 2.24. The molecule has 0 atom stereocenters. The van der Waals surface area contributed by atoms with Gasteiger partial charge in [0.05, 0.1) is 12.8 Å². The Balaban J connectivity index is 2.02. The smallest absolute Gasteiger partial charge is 0.191 e. The van der Waals surface area contributed by atoms with Crippen LogP contribution in [0.25, 0.3) is 6.08 Å². The van der Waals surface area contributed by atoms with Crippen LogP contribution in [0.15, 0.2) is 64.2 Å². The minimum atomic E-state index is 0.447. The standard InChI is InChI=1S/C21H25BrN4OS/c1-26(2)15-14-19(9-4-16-5-12-20(27-3)13-6-16)24-25-21(28)23-18-10-7-17(22)8-11-18/h4-13H,14-15H2,1-3H3,(H2,23,25,28). The first-order valence-electron chi connectivity index (χ1n) is 8.82.